The first-order chi connectivity index (χ1) is 12.0. The number of carboxylic acids is 1. The van der Waals surface area contributed by atoms with Gasteiger partial charge in [-0.1, -0.05) is 0 Å². The van der Waals surface area contributed by atoms with E-state index in [0.717, 1.165) is 0 Å². The van der Waals surface area contributed by atoms with Gasteiger partial charge in [0.15, 0.2) is 0 Å². The van der Waals surface area contributed by atoms with Crippen LogP contribution in [0.2, 0.25) is 0 Å². The summed E-state index contributed by atoms with van der Waals surface area (Å²) in [6, 6.07) is 3.84. The minimum absolute atomic E-state index is 0.221. The van der Waals surface area contributed by atoms with Crippen molar-refractivity contribution in [2.75, 3.05) is 20.8 Å². The molecule has 3 rings (SSSR count). The molecule has 1 aliphatic heterocycles. The van der Waals surface area contributed by atoms with Crippen molar-refractivity contribution in [3.8, 4) is 11.4 Å². The maximum atomic E-state index is 12.9. The van der Waals surface area contributed by atoms with Gasteiger partial charge in [-0.2, -0.15) is 4.68 Å². The number of methoxy groups -OCH3 is 2. The van der Waals surface area contributed by atoms with Crippen LogP contribution in [0.4, 0.5) is 0 Å². The second-order valence-corrected chi connectivity index (χ2v) is 5.55. The summed E-state index contributed by atoms with van der Waals surface area (Å²) < 4.78 is 11.9. The van der Waals surface area contributed by atoms with Crippen molar-refractivity contribution in [2.45, 2.75) is 18.6 Å². The lowest BCUT2D eigenvalue weighted by Gasteiger charge is -2.21. The van der Waals surface area contributed by atoms with E-state index in [0.29, 0.717) is 17.0 Å². The summed E-state index contributed by atoms with van der Waals surface area (Å²) in [4.78, 5) is 25.6. The maximum Gasteiger partial charge on any atom is 0.326 e. The van der Waals surface area contributed by atoms with E-state index in [1.165, 1.54) is 30.1 Å². The Labute approximate surface area is 142 Å². The van der Waals surface area contributed by atoms with Crippen LogP contribution in [0.25, 0.3) is 5.69 Å². The van der Waals surface area contributed by atoms with Crippen LogP contribution in [-0.4, -0.2) is 75.0 Å². The van der Waals surface area contributed by atoms with Gasteiger partial charge in [-0.05, 0) is 28.6 Å². The van der Waals surface area contributed by atoms with E-state index in [9.17, 15) is 14.7 Å². The zero-order valence-electron chi connectivity index (χ0n) is 13.7. The van der Waals surface area contributed by atoms with Crippen LogP contribution in [0.5, 0.6) is 5.75 Å². The molecule has 10 heteroatoms. The van der Waals surface area contributed by atoms with E-state index >= 15 is 0 Å². The van der Waals surface area contributed by atoms with E-state index in [1.807, 2.05) is 0 Å². The lowest BCUT2D eigenvalue weighted by atomic mass is 10.1. The third-order valence-electron chi connectivity index (χ3n) is 4.16. The highest BCUT2D eigenvalue weighted by atomic mass is 16.5. The Morgan fingerprint density at radius 3 is 2.72 bits per heavy atom. The van der Waals surface area contributed by atoms with Crippen molar-refractivity contribution in [1.29, 1.82) is 0 Å². The molecule has 0 aliphatic carbocycles. The lowest BCUT2D eigenvalue weighted by molar-refractivity contribution is -0.141. The molecule has 2 unspecified atom stereocenters. The van der Waals surface area contributed by atoms with Gasteiger partial charge in [0, 0.05) is 25.6 Å². The highest BCUT2D eigenvalue weighted by Gasteiger charge is 2.40. The molecule has 1 N–H and O–H groups in total. The molecule has 0 radical (unpaired) electrons. The van der Waals surface area contributed by atoms with E-state index in [4.69, 9.17) is 9.47 Å². The van der Waals surface area contributed by atoms with Crippen molar-refractivity contribution in [3.63, 3.8) is 0 Å². The van der Waals surface area contributed by atoms with Crippen molar-refractivity contribution in [2.24, 2.45) is 0 Å². The standard InChI is InChI=1S/C15H17N5O5/c1-24-10-6-12(15(22)23)19(7-10)14(21)9-3-4-13(25-2)11(5-9)20-8-16-17-18-20/h3-5,8,10,12H,6-7H2,1-2H3,(H,22,23). The van der Waals surface area contributed by atoms with Crippen molar-refractivity contribution in [3.05, 3.63) is 30.1 Å². The van der Waals surface area contributed by atoms with Gasteiger partial charge in [-0.25, -0.2) is 4.79 Å². The van der Waals surface area contributed by atoms with Crippen molar-refractivity contribution in [1.82, 2.24) is 25.1 Å². The number of hydrogen-bond donors (Lipinski definition) is 1. The molecule has 0 spiro atoms. The van der Waals surface area contributed by atoms with Gasteiger partial charge < -0.3 is 19.5 Å². The number of rotatable bonds is 5. The van der Waals surface area contributed by atoms with Crippen LogP contribution in [0.15, 0.2) is 24.5 Å². The molecule has 1 amide bonds. The molecule has 10 nitrogen and oxygen atoms in total. The molecular weight excluding hydrogens is 330 g/mol. The molecule has 1 fully saturated rings. The highest BCUT2D eigenvalue weighted by molar-refractivity contribution is 5.97. The fourth-order valence-electron chi connectivity index (χ4n) is 2.87. The monoisotopic (exact) mass is 347 g/mol. The SMILES string of the molecule is COc1ccc(C(=O)N2CC(OC)CC2C(=O)O)cc1-n1cnnn1. The summed E-state index contributed by atoms with van der Waals surface area (Å²) in [6.07, 6.45) is 1.33. The molecule has 0 saturated carbocycles. The first-order valence-corrected chi connectivity index (χ1v) is 7.53. The summed E-state index contributed by atoms with van der Waals surface area (Å²) in [5.41, 5.74) is 0.794. The smallest absolute Gasteiger partial charge is 0.326 e. The number of carboxylic acid groups (broad SMARTS) is 1. The van der Waals surface area contributed by atoms with Gasteiger partial charge in [0.05, 0.1) is 13.2 Å². The van der Waals surface area contributed by atoms with Crippen LogP contribution in [0, 0.1) is 0 Å². The molecule has 2 atom stereocenters. The number of aliphatic carboxylic acids is 1. The van der Waals surface area contributed by atoms with Gasteiger partial charge in [-0.3, -0.25) is 4.79 Å². The molecule has 1 saturated heterocycles. The number of hydrogen-bond acceptors (Lipinski definition) is 7. The van der Waals surface area contributed by atoms with Gasteiger partial charge in [0.25, 0.3) is 5.91 Å². The van der Waals surface area contributed by atoms with Crippen LogP contribution in [0.1, 0.15) is 16.8 Å². The predicted octanol–water partition coefficient (Wildman–Crippen LogP) is -0.0150. The molecule has 2 heterocycles. The summed E-state index contributed by atoms with van der Waals surface area (Å²) in [5.74, 6) is -0.971. The van der Waals surface area contributed by atoms with Gasteiger partial charge in [-0.15, -0.1) is 5.10 Å². The Kier molecular flexibility index (Phi) is 4.61. The van der Waals surface area contributed by atoms with Crippen molar-refractivity contribution < 1.29 is 24.2 Å². The summed E-state index contributed by atoms with van der Waals surface area (Å²) in [7, 11) is 3.00. The van der Waals surface area contributed by atoms with Gasteiger partial charge in [0.1, 0.15) is 23.8 Å². The zero-order valence-corrected chi connectivity index (χ0v) is 13.7. The fraction of sp³-hybridized carbons (Fsp3) is 0.400. The lowest BCUT2D eigenvalue weighted by Crippen LogP contribution is -2.40. The van der Waals surface area contributed by atoms with E-state index in [1.54, 1.807) is 18.2 Å². The molecular formula is C15H17N5O5. The van der Waals surface area contributed by atoms with Crippen LogP contribution in [0.3, 0.4) is 0 Å². The maximum absolute atomic E-state index is 12.9. The first kappa shape index (κ1) is 16.8. The molecule has 25 heavy (non-hydrogen) atoms. The number of aromatic nitrogens is 4. The first-order valence-electron chi connectivity index (χ1n) is 7.53. The number of nitrogens with zero attached hydrogens (tertiary/aromatic N) is 5. The number of benzene rings is 1. The molecule has 0 bridgehead atoms. The van der Waals surface area contributed by atoms with Crippen molar-refractivity contribution >= 4 is 11.9 Å². The second kappa shape index (κ2) is 6.85. The minimum atomic E-state index is -1.05. The quantitative estimate of drug-likeness (QED) is 0.801. The number of tetrazole rings is 1. The molecule has 1 aromatic carbocycles. The third kappa shape index (κ3) is 3.15. The summed E-state index contributed by atoms with van der Waals surface area (Å²) in [6.45, 7) is 0.221. The van der Waals surface area contributed by atoms with Crippen LogP contribution in [-0.2, 0) is 9.53 Å². The average Bonchev–Trinajstić information content (AvgIpc) is 3.30. The topological polar surface area (TPSA) is 120 Å². The Hall–Kier alpha value is -3.01. The summed E-state index contributed by atoms with van der Waals surface area (Å²) in [5, 5.41) is 20.3. The Bertz CT molecular complexity index is 779. The van der Waals surface area contributed by atoms with Gasteiger partial charge in [0.2, 0.25) is 0 Å². The highest BCUT2D eigenvalue weighted by Crippen LogP contribution is 2.27. The number of carbonyl (C=O) groups is 2. The Morgan fingerprint density at radius 2 is 2.12 bits per heavy atom. The minimum Gasteiger partial charge on any atom is -0.494 e. The molecule has 132 valence electrons. The largest absolute Gasteiger partial charge is 0.494 e. The molecule has 1 aliphatic rings. The molecule has 2 aromatic rings. The Balaban J connectivity index is 1.94. The molecule has 1 aromatic heterocycles. The van der Waals surface area contributed by atoms with E-state index in [-0.39, 0.29) is 19.1 Å². The predicted molar refractivity (Wildman–Crippen MR) is 83.6 cm³/mol. The number of amides is 1. The van der Waals surface area contributed by atoms with E-state index in [2.05, 4.69) is 15.5 Å². The third-order valence-corrected chi connectivity index (χ3v) is 4.16. The van der Waals surface area contributed by atoms with E-state index < -0.39 is 17.9 Å². The number of ether oxygens (including phenoxy) is 2. The number of likely N-dealkylation sites (tertiary alicyclic amines) is 1. The normalized spacial score (nSPS) is 19.8. The van der Waals surface area contributed by atoms with Crippen LogP contribution >= 0.6 is 0 Å². The van der Waals surface area contributed by atoms with Gasteiger partial charge >= 0.3 is 5.97 Å². The summed E-state index contributed by atoms with van der Waals surface area (Å²) >= 11 is 0. The average molecular weight is 347 g/mol. The number of carbonyl (C=O) groups excluding carboxylic acids is 1. The second-order valence-electron chi connectivity index (χ2n) is 5.55. The fourth-order valence-corrected chi connectivity index (χ4v) is 2.87. The zero-order chi connectivity index (χ0) is 18.0. The Morgan fingerprint density at radius 1 is 1.32 bits per heavy atom. The van der Waals surface area contributed by atoms with Crippen LogP contribution < -0.4 is 4.74 Å².